The lowest BCUT2D eigenvalue weighted by molar-refractivity contribution is 0.103. The highest BCUT2D eigenvalue weighted by molar-refractivity contribution is 9.10. The number of halogens is 1. The summed E-state index contributed by atoms with van der Waals surface area (Å²) in [6, 6.07) is 11.8. The van der Waals surface area contributed by atoms with Gasteiger partial charge in [0, 0.05) is 22.0 Å². The highest BCUT2D eigenvalue weighted by atomic mass is 79.9. The molecule has 0 saturated heterocycles. The quantitative estimate of drug-likeness (QED) is 0.707. The standard InChI is InChI=1S/C15H11BrN2OS2/c16-12-5-2-1-4-10(12)8-11-9-17-15(21-11)18-14(19)13-6-3-7-20-13/h1-7,9H,8H2,(H,17,18,19). The maximum atomic E-state index is 12.0. The van der Waals surface area contributed by atoms with E-state index >= 15 is 0 Å². The van der Waals surface area contributed by atoms with Crippen LogP contribution in [0.1, 0.15) is 20.1 Å². The molecule has 0 saturated carbocycles. The van der Waals surface area contributed by atoms with Crippen molar-refractivity contribution in [3.05, 3.63) is 67.8 Å². The van der Waals surface area contributed by atoms with Crippen LogP contribution in [0.15, 0.2) is 52.4 Å². The second-order valence-corrected chi connectivity index (χ2v) is 7.25. The normalized spacial score (nSPS) is 10.5. The number of aromatic nitrogens is 1. The lowest BCUT2D eigenvalue weighted by Crippen LogP contribution is -2.09. The molecule has 1 amide bonds. The van der Waals surface area contributed by atoms with Crippen molar-refractivity contribution >= 4 is 49.6 Å². The first kappa shape index (κ1) is 14.4. The van der Waals surface area contributed by atoms with E-state index in [-0.39, 0.29) is 5.91 Å². The molecule has 1 aromatic carbocycles. The minimum absolute atomic E-state index is 0.105. The zero-order valence-corrected chi connectivity index (χ0v) is 14.1. The Morgan fingerprint density at radius 2 is 2.10 bits per heavy atom. The van der Waals surface area contributed by atoms with Gasteiger partial charge in [0.15, 0.2) is 5.13 Å². The van der Waals surface area contributed by atoms with E-state index in [1.807, 2.05) is 35.8 Å². The summed E-state index contributed by atoms with van der Waals surface area (Å²) in [5.41, 5.74) is 1.21. The number of nitrogens with one attached hydrogen (secondary N) is 1. The van der Waals surface area contributed by atoms with Crippen LogP contribution in [0.3, 0.4) is 0 Å². The number of hydrogen-bond acceptors (Lipinski definition) is 4. The molecule has 0 aliphatic heterocycles. The summed E-state index contributed by atoms with van der Waals surface area (Å²) >= 11 is 6.47. The van der Waals surface area contributed by atoms with Crippen molar-refractivity contribution in [2.24, 2.45) is 0 Å². The fourth-order valence-electron chi connectivity index (χ4n) is 1.84. The Morgan fingerprint density at radius 1 is 1.24 bits per heavy atom. The van der Waals surface area contributed by atoms with E-state index in [1.165, 1.54) is 28.2 Å². The molecule has 1 N–H and O–H groups in total. The van der Waals surface area contributed by atoms with E-state index in [9.17, 15) is 4.79 Å². The van der Waals surface area contributed by atoms with Gasteiger partial charge in [0.1, 0.15) is 0 Å². The molecule has 6 heteroatoms. The Hall–Kier alpha value is -1.50. The zero-order chi connectivity index (χ0) is 14.7. The van der Waals surface area contributed by atoms with Crippen LogP contribution in [0.25, 0.3) is 0 Å². The number of benzene rings is 1. The number of carbonyl (C=O) groups is 1. The van der Waals surface area contributed by atoms with Crippen LogP contribution >= 0.6 is 38.6 Å². The van der Waals surface area contributed by atoms with Crippen molar-refractivity contribution in [2.45, 2.75) is 6.42 Å². The molecule has 0 aliphatic carbocycles. The second-order valence-electron chi connectivity index (χ2n) is 4.33. The average molecular weight is 379 g/mol. The summed E-state index contributed by atoms with van der Waals surface area (Å²) in [6.45, 7) is 0. The Kier molecular flexibility index (Phi) is 4.48. The van der Waals surface area contributed by atoms with Gasteiger partial charge >= 0.3 is 0 Å². The first-order valence-electron chi connectivity index (χ1n) is 6.25. The third kappa shape index (κ3) is 3.58. The van der Waals surface area contributed by atoms with Crippen LogP contribution in [0.2, 0.25) is 0 Å². The molecule has 21 heavy (non-hydrogen) atoms. The fraction of sp³-hybridized carbons (Fsp3) is 0.0667. The fourth-order valence-corrected chi connectivity index (χ4v) is 3.72. The maximum Gasteiger partial charge on any atom is 0.267 e. The molecule has 3 rings (SSSR count). The number of rotatable bonds is 4. The summed E-state index contributed by atoms with van der Waals surface area (Å²) < 4.78 is 1.09. The Morgan fingerprint density at radius 3 is 2.86 bits per heavy atom. The number of thiophene rings is 1. The van der Waals surface area contributed by atoms with E-state index in [0.29, 0.717) is 10.0 Å². The lowest BCUT2D eigenvalue weighted by Gasteiger charge is -2.01. The summed E-state index contributed by atoms with van der Waals surface area (Å²) in [7, 11) is 0. The smallest absolute Gasteiger partial charge is 0.267 e. The Bertz CT molecular complexity index is 753. The van der Waals surface area contributed by atoms with Crippen LogP contribution in [0, 0.1) is 0 Å². The van der Waals surface area contributed by atoms with Crippen LogP contribution in [-0.2, 0) is 6.42 Å². The van der Waals surface area contributed by atoms with Crippen LogP contribution in [0.5, 0.6) is 0 Å². The molecule has 0 fully saturated rings. The minimum Gasteiger partial charge on any atom is -0.297 e. The molecule has 0 spiro atoms. The number of thiazole rings is 1. The second kappa shape index (κ2) is 6.51. The number of anilines is 1. The van der Waals surface area contributed by atoms with Gasteiger partial charge in [-0.15, -0.1) is 22.7 Å². The molecule has 106 valence electrons. The third-order valence-corrected chi connectivity index (χ3v) is 5.40. The lowest BCUT2D eigenvalue weighted by atomic mass is 10.1. The van der Waals surface area contributed by atoms with Gasteiger partial charge in [-0.25, -0.2) is 4.98 Å². The van der Waals surface area contributed by atoms with Crippen molar-refractivity contribution < 1.29 is 4.79 Å². The zero-order valence-electron chi connectivity index (χ0n) is 10.9. The molecule has 0 bridgehead atoms. The van der Waals surface area contributed by atoms with Gasteiger partial charge in [0.25, 0.3) is 5.91 Å². The highest BCUT2D eigenvalue weighted by Crippen LogP contribution is 2.25. The number of amides is 1. The van der Waals surface area contributed by atoms with Gasteiger partial charge in [-0.1, -0.05) is 40.2 Å². The van der Waals surface area contributed by atoms with E-state index in [2.05, 4.69) is 32.3 Å². The topological polar surface area (TPSA) is 42.0 Å². The molecular formula is C15H11BrN2OS2. The number of hydrogen-bond donors (Lipinski definition) is 1. The van der Waals surface area contributed by atoms with E-state index in [1.54, 1.807) is 6.07 Å². The maximum absolute atomic E-state index is 12.0. The molecular weight excluding hydrogens is 368 g/mol. The van der Waals surface area contributed by atoms with E-state index < -0.39 is 0 Å². The van der Waals surface area contributed by atoms with Gasteiger partial charge in [0.05, 0.1) is 4.88 Å². The molecule has 0 aliphatic rings. The summed E-state index contributed by atoms with van der Waals surface area (Å²) in [5, 5.41) is 5.35. The van der Waals surface area contributed by atoms with Gasteiger partial charge in [-0.2, -0.15) is 0 Å². The molecule has 2 heterocycles. The average Bonchev–Trinajstić information content (AvgIpc) is 3.13. The Labute approximate surface area is 138 Å². The highest BCUT2D eigenvalue weighted by Gasteiger charge is 2.10. The van der Waals surface area contributed by atoms with Crippen LogP contribution in [0.4, 0.5) is 5.13 Å². The van der Waals surface area contributed by atoms with Gasteiger partial charge in [-0.05, 0) is 23.1 Å². The predicted molar refractivity (Wildman–Crippen MR) is 91.3 cm³/mol. The van der Waals surface area contributed by atoms with Crippen LogP contribution < -0.4 is 5.32 Å². The SMILES string of the molecule is O=C(Nc1ncc(Cc2ccccc2Br)s1)c1cccs1. The number of carbonyl (C=O) groups excluding carboxylic acids is 1. The van der Waals surface area contributed by atoms with Crippen molar-refractivity contribution in [1.82, 2.24) is 4.98 Å². The van der Waals surface area contributed by atoms with E-state index in [4.69, 9.17) is 0 Å². The summed E-state index contributed by atoms with van der Waals surface area (Å²) in [5.74, 6) is -0.105. The summed E-state index contributed by atoms with van der Waals surface area (Å²) in [6.07, 6.45) is 2.61. The number of nitrogens with zero attached hydrogens (tertiary/aromatic N) is 1. The largest absolute Gasteiger partial charge is 0.297 e. The first-order chi connectivity index (χ1) is 10.2. The summed E-state index contributed by atoms with van der Waals surface area (Å²) in [4.78, 5) is 18.0. The van der Waals surface area contributed by atoms with Crippen molar-refractivity contribution in [2.75, 3.05) is 5.32 Å². The van der Waals surface area contributed by atoms with Crippen molar-refractivity contribution in [1.29, 1.82) is 0 Å². The molecule has 0 radical (unpaired) electrons. The molecule has 0 atom stereocenters. The minimum atomic E-state index is -0.105. The van der Waals surface area contributed by atoms with Crippen molar-refractivity contribution in [3.63, 3.8) is 0 Å². The monoisotopic (exact) mass is 378 g/mol. The molecule has 2 aromatic heterocycles. The Balaban J connectivity index is 1.69. The first-order valence-corrected chi connectivity index (χ1v) is 8.74. The van der Waals surface area contributed by atoms with Gasteiger partial charge in [-0.3, -0.25) is 10.1 Å². The molecule has 3 aromatic rings. The van der Waals surface area contributed by atoms with Gasteiger partial charge in [0.2, 0.25) is 0 Å². The van der Waals surface area contributed by atoms with Crippen molar-refractivity contribution in [3.8, 4) is 0 Å². The van der Waals surface area contributed by atoms with Gasteiger partial charge < -0.3 is 0 Å². The third-order valence-electron chi connectivity index (χ3n) is 2.84. The molecule has 0 unspecified atom stereocenters. The van der Waals surface area contributed by atoms with Crippen LogP contribution in [-0.4, -0.2) is 10.9 Å². The molecule has 3 nitrogen and oxygen atoms in total. The van der Waals surface area contributed by atoms with E-state index in [0.717, 1.165) is 15.8 Å². The predicted octanol–water partition coefficient (Wildman–Crippen LogP) is 4.81.